The van der Waals surface area contributed by atoms with Crippen molar-refractivity contribution in [2.75, 3.05) is 13.1 Å². The fourth-order valence-electron chi connectivity index (χ4n) is 2.69. The number of halogens is 2. The second-order valence-electron chi connectivity index (χ2n) is 5.67. The van der Waals surface area contributed by atoms with Gasteiger partial charge in [-0.2, -0.15) is 0 Å². The highest BCUT2D eigenvalue weighted by Gasteiger charge is 2.25. The highest BCUT2D eigenvalue weighted by Crippen LogP contribution is 2.19. The molecule has 0 unspecified atom stereocenters. The molecule has 0 aliphatic carbocycles. The first-order chi connectivity index (χ1) is 11.6. The highest BCUT2D eigenvalue weighted by molar-refractivity contribution is 6.31. The number of carbonyl (C=O) groups is 1. The van der Waals surface area contributed by atoms with Crippen LogP contribution in [0.5, 0.6) is 6.01 Å². The summed E-state index contributed by atoms with van der Waals surface area (Å²) < 4.78 is 18.5. The molecule has 1 aliphatic rings. The van der Waals surface area contributed by atoms with Gasteiger partial charge in [0, 0.05) is 11.6 Å². The van der Waals surface area contributed by atoms with E-state index in [0.717, 1.165) is 30.8 Å². The molecule has 5 nitrogen and oxygen atoms in total. The number of piperidine rings is 1. The fraction of sp³-hybridized carbons (Fsp3) is 0.353. The Hall–Kier alpha value is -2.21. The molecule has 0 radical (unpaired) electrons. The minimum Gasteiger partial charge on any atom is -0.458 e. The van der Waals surface area contributed by atoms with Gasteiger partial charge in [0.2, 0.25) is 5.91 Å². The number of amides is 1. The maximum Gasteiger partial charge on any atom is 0.316 e. The van der Waals surface area contributed by atoms with Crippen LogP contribution in [0.2, 0.25) is 5.02 Å². The molecule has 0 spiro atoms. The van der Waals surface area contributed by atoms with Gasteiger partial charge in [-0.05, 0) is 24.5 Å². The quantitative estimate of drug-likeness (QED) is 0.851. The van der Waals surface area contributed by atoms with Gasteiger partial charge in [-0.1, -0.05) is 29.8 Å². The lowest BCUT2D eigenvalue weighted by molar-refractivity contribution is -0.133. The van der Waals surface area contributed by atoms with E-state index in [1.807, 2.05) is 18.2 Å². The third kappa shape index (κ3) is 4.20. The van der Waals surface area contributed by atoms with Gasteiger partial charge in [0.25, 0.3) is 0 Å². The summed E-state index contributed by atoms with van der Waals surface area (Å²) in [5.74, 6) is -0.501. The molecule has 1 aromatic carbocycles. The second kappa shape index (κ2) is 7.57. The molecule has 0 N–H and O–H groups in total. The number of hydrogen-bond acceptors (Lipinski definition) is 4. The molecule has 3 rings (SSSR count). The number of rotatable bonds is 4. The predicted octanol–water partition coefficient (Wildman–Crippen LogP) is 2.88. The minimum absolute atomic E-state index is 0.0106. The molecule has 7 heteroatoms. The van der Waals surface area contributed by atoms with Crippen molar-refractivity contribution in [3.8, 4) is 6.01 Å². The van der Waals surface area contributed by atoms with Gasteiger partial charge < -0.3 is 9.64 Å². The Labute approximate surface area is 144 Å². The van der Waals surface area contributed by atoms with E-state index < -0.39 is 5.82 Å². The number of aromatic nitrogens is 2. The maximum atomic E-state index is 12.8. The predicted molar refractivity (Wildman–Crippen MR) is 87.4 cm³/mol. The summed E-state index contributed by atoms with van der Waals surface area (Å²) in [6.07, 6.45) is 3.83. The normalized spacial score (nSPS) is 17.6. The summed E-state index contributed by atoms with van der Waals surface area (Å²) in [5.41, 5.74) is 0.814. The maximum absolute atomic E-state index is 12.8. The standard InChI is InChI=1S/C17H17ClFN3O2/c18-15-6-2-1-4-12(15)8-16(23)22-7-3-5-14(11-22)24-17-20-9-13(19)10-21-17/h1-2,4,6,9-10,14H,3,5,7-8,11H2/t14-/m0/s1. The number of nitrogens with zero attached hydrogens (tertiary/aromatic N) is 3. The summed E-state index contributed by atoms with van der Waals surface area (Å²) in [5, 5.41) is 0.593. The monoisotopic (exact) mass is 349 g/mol. The highest BCUT2D eigenvalue weighted by atomic mass is 35.5. The van der Waals surface area contributed by atoms with Gasteiger partial charge >= 0.3 is 6.01 Å². The minimum atomic E-state index is -0.512. The molecule has 1 amide bonds. The van der Waals surface area contributed by atoms with Crippen LogP contribution in [0.15, 0.2) is 36.7 Å². The Bertz CT molecular complexity index is 711. The number of likely N-dealkylation sites (tertiary alicyclic amines) is 1. The van der Waals surface area contributed by atoms with Crippen LogP contribution in [0, 0.1) is 5.82 Å². The Morgan fingerprint density at radius 1 is 1.33 bits per heavy atom. The van der Waals surface area contributed by atoms with Gasteiger partial charge in [-0.15, -0.1) is 0 Å². The van der Waals surface area contributed by atoms with Crippen molar-refractivity contribution in [2.45, 2.75) is 25.4 Å². The molecule has 1 aliphatic heterocycles. The van der Waals surface area contributed by atoms with Gasteiger partial charge in [-0.25, -0.2) is 14.4 Å². The van der Waals surface area contributed by atoms with Crippen molar-refractivity contribution in [1.29, 1.82) is 0 Å². The summed E-state index contributed by atoms with van der Waals surface area (Å²) in [6.45, 7) is 1.15. The van der Waals surface area contributed by atoms with Crippen molar-refractivity contribution in [1.82, 2.24) is 14.9 Å². The van der Waals surface area contributed by atoms with E-state index in [1.54, 1.807) is 11.0 Å². The van der Waals surface area contributed by atoms with Crippen molar-refractivity contribution in [2.24, 2.45) is 0 Å². The lowest BCUT2D eigenvalue weighted by Gasteiger charge is -2.32. The average molecular weight is 350 g/mol. The van der Waals surface area contributed by atoms with Crippen LogP contribution in [0.3, 0.4) is 0 Å². The molecular formula is C17H17ClFN3O2. The first-order valence-electron chi connectivity index (χ1n) is 7.77. The van der Waals surface area contributed by atoms with E-state index >= 15 is 0 Å². The largest absolute Gasteiger partial charge is 0.458 e. The summed E-state index contributed by atoms with van der Waals surface area (Å²) in [6, 6.07) is 7.45. The average Bonchev–Trinajstić information content (AvgIpc) is 2.59. The molecule has 24 heavy (non-hydrogen) atoms. The molecule has 1 atom stereocenters. The van der Waals surface area contributed by atoms with E-state index in [9.17, 15) is 9.18 Å². The van der Waals surface area contributed by atoms with Crippen molar-refractivity contribution in [3.63, 3.8) is 0 Å². The Balaban J connectivity index is 1.59. The van der Waals surface area contributed by atoms with E-state index in [0.29, 0.717) is 18.1 Å². The van der Waals surface area contributed by atoms with Crippen LogP contribution in [0.4, 0.5) is 4.39 Å². The molecule has 2 heterocycles. The third-order valence-electron chi connectivity index (χ3n) is 3.90. The summed E-state index contributed by atoms with van der Waals surface area (Å²) >= 11 is 6.11. The van der Waals surface area contributed by atoms with Crippen LogP contribution in [-0.2, 0) is 11.2 Å². The van der Waals surface area contributed by atoms with E-state index in [1.165, 1.54) is 0 Å². The van der Waals surface area contributed by atoms with E-state index in [4.69, 9.17) is 16.3 Å². The van der Waals surface area contributed by atoms with Crippen LogP contribution in [-0.4, -0.2) is 40.0 Å². The third-order valence-corrected chi connectivity index (χ3v) is 4.27. The van der Waals surface area contributed by atoms with Crippen molar-refractivity contribution < 1.29 is 13.9 Å². The lowest BCUT2D eigenvalue weighted by atomic mass is 10.1. The molecule has 126 valence electrons. The first kappa shape index (κ1) is 16.6. The van der Waals surface area contributed by atoms with Crippen LogP contribution in [0.25, 0.3) is 0 Å². The zero-order valence-corrected chi connectivity index (χ0v) is 13.7. The van der Waals surface area contributed by atoms with Crippen molar-refractivity contribution >= 4 is 17.5 Å². The number of benzene rings is 1. The van der Waals surface area contributed by atoms with Crippen LogP contribution >= 0.6 is 11.6 Å². The topological polar surface area (TPSA) is 55.3 Å². The van der Waals surface area contributed by atoms with Gasteiger partial charge in [0.15, 0.2) is 5.82 Å². The van der Waals surface area contributed by atoms with Crippen molar-refractivity contribution in [3.05, 3.63) is 53.1 Å². The summed E-state index contributed by atoms with van der Waals surface area (Å²) in [4.78, 5) is 21.8. The summed E-state index contributed by atoms with van der Waals surface area (Å²) in [7, 11) is 0. The smallest absolute Gasteiger partial charge is 0.316 e. The number of carbonyl (C=O) groups excluding carboxylic acids is 1. The second-order valence-corrected chi connectivity index (χ2v) is 6.08. The zero-order valence-electron chi connectivity index (χ0n) is 13.0. The van der Waals surface area contributed by atoms with Gasteiger partial charge in [-0.3, -0.25) is 4.79 Å². The SMILES string of the molecule is O=C(Cc1ccccc1Cl)N1CCC[C@H](Oc2ncc(F)cn2)C1. The number of hydrogen-bond donors (Lipinski definition) is 0. The first-order valence-corrected chi connectivity index (χ1v) is 8.15. The molecule has 1 saturated heterocycles. The lowest BCUT2D eigenvalue weighted by Crippen LogP contribution is -2.45. The Kier molecular flexibility index (Phi) is 5.25. The molecule has 1 fully saturated rings. The molecule has 0 saturated carbocycles. The Morgan fingerprint density at radius 3 is 2.83 bits per heavy atom. The molecular weight excluding hydrogens is 333 g/mol. The fourth-order valence-corrected chi connectivity index (χ4v) is 2.89. The van der Waals surface area contributed by atoms with E-state index in [2.05, 4.69) is 9.97 Å². The Morgan fingerprint density at radius 2 is 2.08 bits per heavy atom. The number of ether oxygens (including phenoxy) is 1. The molecule has 0 bridgehead atoms. The molecule has 1 aromatic heterocycles. The molecule has 2 aromatic rings. The van der Waals surface area contributed by atoms with Crippen LogP contribution < -0.4 is 4.74 Å². The van der Waals surface area contributed by atoms with Gasteiger partial charge in [0.05, 0.1) is 25.4 Å². The zero-order chi connectivity index (χ0) is 16.9. The van der Waals surface area contributed by atoms with E-state index in [-0.39, 0.29) is 24.4 Å². The van der Waals surface area contributed by atoms with Crippen LogP contribution in [0.1, 0.15) is 18.4 Å². The van der Waals surface area contributed by atoms with Gasteiger partial charge in [0.1, 0.15) is 6.10 Å².